The third-order valence-electron chi connectivity index (χ3n) is 5.49. The number of pyridine rings is 1. The number of alkyl halides is 2. The minimum atomic E-state index is -2.69. The molecule has 0 atom stereocenters. The highest BCUT2D eigenvalue weighted by Crippen LogP contribution is 2.35. The Balaban J connectivity index is 1.51. The van der Waals surface area contributed by atoms with Gasteiger partial charge >= 0.3 is 0 Å². The second-order valence-corrected chi connectivity index (χ2v) is 8.12. The van der Waals surface area contributed by atoms with E-state index in [4.69, 9.17) is 5.10 Å². The molecule has 0 aliphatic heterocycles. The summed E-state index contributed by atoms with van der Waals surface area (Å²) >= 11 is 0. The average Bonchev–Trinajstić information content (AvgIpc) is 3.45. The van der Waals surface area contributed by atoms with Crippen LogP contribution in [0.3, 0.4) is 0 Å². The van der Waals surface area contributed by atoms with Gasteiger partial charge in [-0.25, -0.2) is 32.5 Å². The fourth-order valence-corrected chi connectivity index (χ4v) is 3.66. The molecule has 33 heavy (non-hydrogen) atoms. The van der Waals surface area contributed by atoms with Crippen LogP contribution in [-0.2, 0) is 6.54 Å². The first-order valence-corrected chi connectivity index (χ1v) is 10.5. The van der Waals surface area contributed by atoms with E-state index in [-0.39, 0.29) is 11.5 Å². The van der Waals surface area contributed by atoms with E-state index in [9.17, 15) is 13.2 Å². The highest BCUT2D eigenvalue weighted by molar-refractivity contribution is 5.69. The van der Waals surface area contributed by atoms with Crippen LogP contribution in [-0.4, -0.2) is 34.5 Å². The number of hydrogen-bond acceptors (Lipinski definition) is 6. The lowest BCUT2D eigenvalue weighted by atomic mass is 10.2. The highest BCUT2D eigenvalue weighted by atomic mass is 19.3. The van der Waals surface area contributed by atoms with Gasteiger partial charge in [0, 0.05) is 18.2 Å². The zero-order chi connectivity index (χ0) is 23.1. The lowest BCUT2D eigenvalue weighted by Crippen LogP contribution is -2.09. The molecule has 0 bridgehead atoms. The van der Waals surface area contributed by atoms with Crippen LogP contribution in [0.15, 0.2) is 36.8 Å². The van der Waals surface area contributed by atoms with Gasteiger partial charge in [-0.2, -0.15) is 10.2 Å². The molecule has 5 rings (SSSR count). The first-order valence-electron chi connectivity index (χ1n) is 10.5. The van der Waals surface area contributed by atoms with Crippen LogP contribution >= 0.6 is 0 Å². The molecule has 0 aromatic carbocycles. The maximum absolute atomic E-state index is 13.4. The van der Waals surface area contributed by atoms with Crippen LogP contribution in [0.1, 0.15) is 36.2 Å². The van der Waals surface area contributed by atoms with E-state index < -0.39 is 12.2 Å². The van der Waals surface area contributed by atoms with Crippen molar-refractivity contribution >= 4 is 11.6 Å². The summed E-state index contributed by atoms with van der Waals surface area (Å²) in [6.45, 7) is 4.26. The van der Waals surface area contributed by atoms with Crippen molar-refractivity contribution in [1.82, 2.24) is 34.5 Å². The third kappa shape index (κ3) is 4.30. The van der Waals surface area contributed by atoms with Crippen LogP contribution < -0.4 is 5.32 Å². The Bertz CT molecular complexity index is 1290. The summed E-state index contributed by atoms with van der Waals surface area (Å²) in [6.07, 6.45) is 2.03. The molecule has 8 nitrogen and oxygen atoms in total. The molecular formula is C22H21F3N8. The minimum absolute atomic E-state index is 0.224. The number of halogens is 3. The highest BCUT2D eigenvalue weighted by Gasteiger charge is 2.26. The fraction of sp³-hybridized carbons (Fsp3) is 0.318. The molecule has 1 aliphatic rings. The predicted octanol–water partition coefficient (Wildman–Crippen LogP) is 4.77. The lowest BCUT2D eigenvalue weighted by Gasteiger charge is -2.11. The SMILES string of the molecule is Cc1cc(C(F)F)n(-c2cc(Nc3c(C)c(-c4ccc(F)cn4)nn3CC3CC3)ncn2)n1. The fourth-order valence-electron chi connectivity index (χ4n) is 3.66. The third-order valence-corrected chi connectivity index (χ3v) is 5.49. The smallest absolute Gasteiger partial charge is 0.280 e. The molecule has 1 fully saturated rings. The topological polar surface area (TPSA) is 86.3 Å². The van der Waals surface area contributed by atoms with E-state index in [1.165, 1.54) is 18.5 Å². The van der Waals surface area contributed by atoms with Crippen LogP contribution in [0.2, 0.25) is 0 Å². The molecule has 170 valence electrons. The largest absolute Gasteiger partial charge is 0.325 e. The summed E-state index contributed by atoms with van der Waals surface area (Å²) in [5.74, 6) is 1.46. The van der Waals surface area contributed by atoms with Crippen molar-refractivity contribution < 1.29 is 13.2 Å². The van der Waals surface area contributed by atoms with Crippen LogP contribution in [0.4, 0.5) is 24.8 Å². The van der Waals surface area contributed by atoms with Crippen molar-refractivity contribution in [3.05, 3.63) is 59.6 Å². The van der Waals surface area contributed by atoms with E-state index in [1.807, 2.05) is 11.6 Å². The molecule has 1 aliphatic carbocycles. The standard InChI is InChI=1S/C22H21F3N8/c1-12-7-17(21(24)25)33(30-12)19-8-18(27-11-28-19)29-22-13(2)20(16-6-5-15(23)9-26-16)31-32(22)10-14-3-4-14/h5-9,11,14,21H,3-4,10H2,1-2H3,(H,27,28,29). The van der Waals surface area contributed by atoms with Gasteiger partial charge in [0.15, 0.2) is 5.82 Å². The number of nitrogens with one attached hydrogen (secondary N) is 1. The van der Waals surface area contributed by atoms with E-state index in [0.717, 1.165) is 35.8 Å². The molecule has 1 saturated carbocycles. The Morgan fingerprint density at radius 3 is 2.61 bits per heavy atom. The Hall–Kier alpha value is -3.76. The van der Waals surface area contributed by atoms with E-state index in [2.05, 4.69) is 25.4 Å². The average molecular weight is 454 g/mol. The van der Waals surface area contributed by atoms with Gasteiger partial charge in [-0.15, -0.1) is 0 Å². The second kappa shape index (κ2) is 8.30. The van der Waals surface area contributed by atoms with Crippen molar-refractivity contribution in [2.75, 3.05) is 5.32 Å². The zero-order valence-electron chi connectivity index (χ0n) is 18.0. The molecule has 1 N–H and O–H groups in total. The van der Waals surface area contributed by atoms with Gasteiger partial charge in [0.2, 0.25) is 0 Å². The van der Waals surface area contributed by atoms with Crippen molar-refractivity contribution in [3.63, 3.8) is 0 Å². The maximum atomic E-state index is 13.4. The number of rotatable bonds is 7. The lowest BCUT2D eigenvalue weighted by molar-refractivity contribution is 0.142. The van der Waals surface area contributed by atoms with Gasteiger partial charge in [0.1, 0.15) is 35.2 Å². The molecule has 0 saturated heterocycles. The van der Waals surface area contributed by atoms with Crippen molar-refractivity contribution in [2.24, 2.45) is 5.92 Å². The Labute approximate surface area is 187 Å². The summed E-state index contributed by atoms with van der Waals surface area (Å²) in [4.78, 5) is 12.5. The summed E-state index contributed by atoms with van der Waals surface area (Å²) < 4.78 is 43.2. The van der Waals surface area contributed by atoms with E-state index in [0.29, 0.717) is 34.6 Å². The Kier molecular flexibility index (Phi) is 5.31. The molecular weight excluding hydrogens is 433 g/mol. The van der Waals surface area contributed by atoms with Crippen LogP contribution in [0, 0.1) is 25.6 Å². The van der Waals surface area contributed by atoms with Crippen molar-refractivity contribution in [2.45, 2.75) is 39.7 Å². The Morgan fingerprint density at radius 1 is 1.09 bits per heavy atom. The van der Waals surface area contributed by atoms with Crippen molar-refractivity contribution in [1.29, 1.82) is 0 Å². The molecule has 4 aromatic heterocycles. The van der Waals surface area contributed by atoms with Crippen molar-refractivity contribution in [3.8, 4) is 17.2 Å². The first-order chi connectivity index (χ1) is 15.9. The van der Waals surface area contributed by atoms with Gasteiger partial charge in [-0.1, -0.05) is 0 Å². The van der Waals surface area contributed by atoms with Gasteiger partial charge < -0.3 is 5.32 Å². The Morgan fingerprint density at radius 2 is 1.91 bits per heavy atom. The summed E-state index contributed by atoms with van der Waals surface area (Å²) in [6, 6.07) is 5.82. The molecule has 11 heteroatoms. The second-order valence-electron chi connectivity index (χ2n) is 8.12. The molecule has 0 amide bonds. The number of aromatic nitrogens is 7. The van der Waals surface area contributed by atoms with Gasteiger partial charge in [0.25, 0.3) is 6.43 Å². The van der Waals surface area contributed by atoms with Gasteiger partial charge in [-0.05, 0) is 50.8 Å². The maximum Gasteiger partial charge on any atom is 0.280 e. The van der Waals surface area contributed by atoms with E-state index >= 15 is 0 Å². The quantitative estimate of drug-likeness (QED) is 0.433. The van der Waals surface area contributed by atoms with Gasteiger partial charge in [-0.3, -0.25) is 4.98 Å². The minimum Gasteiger partial charge on any atom is -0.325 e. The summed E-state index contributed by atoms with van der Waals surface area (Å²) in [5.41, 5.74) is 2.24. The zero-order valence-corrected chi connectivity index (χ0v) is 18.0. The monoisotopic (exact) mass is 454 g/mol. The summed E-state index contributed by atoms with van der Waals surface area (Å²) in [5, 5.41) is 12.1. The molecule has 4 aromatic rings. The number of aryl methyl sites for hydroxylation is 1. The summed E-state index contributed by atoms with van der Waals surface area (Å²) in [7, 11) is 0. The predicted molar refractivity (Wildman–Crippen MR) is 115 cm³/mol. The van der Waals surface area contributed by atoms with E-state index in [1.54, 1.807) is 19.1 Å². The number of anilines is 2. The molecule has 0 unspecified atom stereocenters. The number of hydrogen-bond donors (Lipinski definition) is 1. The number of nitrogens with zero attached hydrogens (tertiary/aromatic N) is 7. The molecule has 0 spiro atoms. The normalized spacial score (nSPS) is 13.6. The first kappa shape index (κ1) is 21.1. The molecule has 4 heterocycles. The van der Waals surface area contributed by atoms with Crippen LogP contribution in [0.5, 0.6) is 0 Å². The van der Waals surface area contributed by atoms with Crippen LogP contribution in [0.25, 0.3) is 17.2 Å². The van der Waals surface area contributed by atoms with Gasteiger partial charge in [0.05, 0.1) is 17.6 Å². The molecule has 0 radical (unpaired) electrons.